The molecule has 1 aromatic heterocycles. The average Bonchev–Trinajstić information content (AvgIpc) is 2.98. The first-order valence-corrected chi connectivity index (χ1v) is 7.97. The van der Waals surface area contributed by atoms with Gasteiger partial charge < -0.3 is 5.32 Å². The number of halogens is 2. The minimum Gasteiger partial charge on any atom is -0.322 e. The summed E-state index contributed by atoms with van der Waals surface area (Å²) >= 11 is 0. The van der Waals surface area contributed by atoms with Gasteiger partial charge in [-0.05, 0) is 34.9 Å². The second-order valence-corrected chi connectivity index (χ2v) is 7.12. The van der Waals surface area contributed by atoms with Gasteiger partial charge in [0, 0.05) is 18.9 Å². The third-order valence-electron chi connectivity index (χ3n) is 4.68. The third kappa shape index (κ3) is 2.70. The molecule has 1 unspecified atom stereocenters. The van der Waals surface area contributed by atoms with Gasteiger partial charge in [0.1, 0.15) is 5.69 Å². The number of nitrogens with one attached hydrogen (secondary N) is 1. The van der Waals surface area contributed by atoms with E-state index in [0.29, 0.717) is 11.6 Å². The molecule has 0 saturated heterocycles. The van der Waals surface area contributed by atoms with Crippen molar-refractivity contribution < 1.29 is 13.6 Å². The molecule has 1 aliphatic rings. The van der Waals surface area contributed by atoms with Crippen LogP contribution >= 0.6 is 0 Å². The average molecular weight is 333 g/mol. The highest BCUT2D eigenvalue weighted by molar-refractivity contribution is 6.05. The lowest BCUT2D eigenvalue weighted by molar-refractivity contribution is 0.101. The minimum absolute atomic E-state index is 0.0703. The lowest BCUT2D eigenvalue weighted by Crippen LogP contribution is -2.19. The van der Waals surface area contributed by atoms with Crippen molar-refractivity contribution in [1.29, 1.82) is 0 Å². The van der Waals surface area contributed by atoms with Crippen molar-refractivity contribution in [2.45, 2.75) is 45.0 Å². The van der Waals surface area contributed by atoms with Gasteiger partial charge in [0.15, 0.2) is 0 Å². The van der Waals surface area contributed by atoms with Crippen LogP contribution in [0.3, 0.4) is 0 Å². The number of fused-ring (bicyclic) bond motifs is 1. The second-order valence-electron chi connectivity index (χ2n) is 7.12. The van der Waals surface area contributed by atoms with E-state index < -0.39 is 18.0 Å². The summed E-state index contributed by atoms with van der Waals surface area (Å²) in [5.41, 5.74) is 2.34. The Bertz CT molecular complexity index is 796. The van der Waals surface area contributed by atoms with Crippen LogP contribution in [0.1, 0.15) is 66.7 Å². The second kappa shape index (κ2) is 5.69. The Morgan fingerprint density at radius 3 is 2.79 bits per heavy atom. The first-order valence-electron chi connectivity index (χ1n) is 7.97. The highest BCUT2D eigenvalue weighted by Gasteiger charge is 2.37. The topological polar surface area (TPSA) is 46.9 Å². The largest absolute Gasteiger partial charge is 0.322 e. The number of aromatic nitrogens is 2. The molecule has 1 aliphatic carbocycles. The fraction of sp³-hybridized carbons (Fsp3) is 0.444. The van der Waals surface area contributed by atoms with Crippen molar-refractivity contribution in [3.8, 4) is 0 Å². The number of nitrogens with zero attached hydrogens (tertiary/aromatic N) is 2. The van der Waals surface area contributed by atoms with E-state index in [1.54, 1.807) is 0 Å². The SMILES string of the molecule is CC1CC(C)(C)c2c(NC(=O)c3cn(C)nc3C(F)F)cccc21. The van der Waals surface area contributed by atoms with Crippen LogP contribution in [0.25, 0.3) is 0 Å². The predicted molar refractivity (Wildman–Crippen MR) is 88.6 cm³/mol. The molecule has 6 heteroatoms. The molecule has 1 amide bonds. The molecule has 1 N–H and O–H groups in total. The molecule has 3 rings (SSSR count). The number of anilines is 1. The molecule has 1 heterocycles. The summed E-state index contributed by atoms with van der Waals surface area (Å²) in [5, 5.41) is 6.51. The third-order valence-corrected chi connectivity index (χ3v) is 4.68. The monoisotopic (exact) mass is 333 g/mol. The highest BCUT2D eigenvalue weighted by Crippen LogP contribution is 2.48. The van der Waals surface area contributed by atoms with Gasteiger partial charge in [-0.1, -0.05) is 32.9 Å². The maximum Gasteiger partial charge on any atom is 0.282 e. The van der Waals surface area contributed by atoms with Gasteiger partial charge in [0.25, 0.3) is 12.3 Å². The number of alkyl halides is 2. The zero-order valence-electron chi connectivity index (χ0n) is 14.2. The summed E-state index contributed by atoms with van der Waals surface area (Å²) in [5.74, 6) is -0.149. The summed E-state index contributed by atoms with van der Waals surface area (Å²) < 4.78 is 27.4. The fourth-order valence-corrected chi connectivity index (χ4v) is 3.85. The van der Waals surface area contributed by atoms with Crippen molar-refractivity contribution in [1.82, 2.24) is 9.78 Å². The van der Waals surface area contributed by atoms with Crippen LogP contribution in [-0.2, 0) is 12.5 Å². The van der Waals surface area contributed by atoms with E-state index in [9.17, 15) is 13.6 Å². The number of carbonyl (C=O) groups is 1. The highest BCUT2D eigenvalue weighted by atomic mass is 19.3. The number of hydrogen-bond donors (Lipinski definition) is 1. The molecule has 0 spiro atoms. The molecule has 1 aromatic carbocycles. The molecular formula is C18H21F2N3O. The summed E-state index contributed by atoms with van der Waals surface area (Å²) in [7, 11) is 1.52. The zero-order chi connectivity index (χ0) is 17.6. The van der Waals surface area contributed by atoms with E-state index in [2.05, 4.69) is 37.3 Å². The molecule has 1 atom stereocenters. The number of carbonyl (C=O) groups excluding carboxylic acids is 1. The predicted octanol–water partition coefficient (Wildman–Crippen LogP) is 4.39. The Balaban J connectivity index is 1.98. The molecule has 2 aromatic rings. The van der Waals surface area contributed by atoms with Crippen LogP contribution < -0.4 is 5.32 Å². The normalized spacial score (nSPS) is 18.7. The Labute approximate surface area is 139 Å². The Morgan fingerprint density at radius 2 is 2.12 bits per heavy atom. The number of aryl methyl sites for hydroxylation is 1. The lowest BCUT2D eigenvalue weighted by Gasteiger charge is -2.22. The molecule has 0 fully saturated rings. The van der Waals surface area contributed by atoms with Gasteiger partial charge in [-0.3, -0.25) is 9.48 Å². The van der Waals surface area contributed by atoms with Gasteiger partial charge in [0.05, 0.1) is 5.56 Å². The van der Waals surface area contributed by atoms with Gasteiger partial charge in [-0.15, -0.1) is 0 Å². The van der Waals surface area contributed by atoms with Crippen LogP contribution in [0.2, 0.25) is 0 Å². The van der Waals surface area contributed by atoms with Crippen LogP contribution in [0.4, 0.5) is 14.5 Å². The summed E-state index contributed by atoms with van der Waals surface area (Å²) in [6.45, 7) is 6.44. The van der Waals surface area contributed by atoms with Crippen LogP contribution in [0.15, 0.2) is 24.4 Å². The number of rotatable bonds is 3. The molecule has 128 valence electrons. The summed E-state index contributed by atoms with van der Waals surface area (Å²) in [6.07, 6.45) is -0.470. The Morgan fingerprint density at radius 1 is 1.42 bits per heavy atom. The minimum atomic E-state index is -2.79. The van der Waals surface area contributed by atoms with Crippen molar-refractivity contribution in [3.05, 3.63) is 46.8 Å². The molecule has 0 bridgehead atoms. The molecule has 0 saturated carbocycles. The quantitative estimate of drug-likeness (QED) is 0.905. The van der Waals surface area contributed by atoms with E-state index in [4.69, 9.17) is 0 Å². The molecular weight excluding hydrogens is 312 g/mol. The van der Waals surface area contributed by atoms with E-state index in [-0.39, 0.29) is 11.0 Å². The van der Waals surface area contributed by atoms with Gasteiger partial charge in [0.2, 0.25) is 0 Å². The fourth-order valence-electron chi connectivity index (χ4n) is 3.85. The molecule has 0 aliphatic heterocycles. The van der Waals surface area contributed by atoms with Crippen LogP contribution in [0, 0.1) is 0 Å². The Hall–Kier alpha value is -2.24. The molecule has 0 radical (unpaired) electrons. The van der Waals surface area contributed by atoms with Gasteiger partial charge >= 0.3 is 0 Å². The maximum atomic E-state index is 13.1. The summed E-state index contributed by atoms with van der Waals surface area (Å²) in [6, 6.07) is 5.79. The van der Waals surface area contributed by atoms with Gasteiger partial charge in [-0.25, -0.2) is 8.78 Å². The van der Waals surface area contributed by atoms with Crippen molar-refractivity contribution in [2.24, 2.45) is 7.05 Å². The van der Waals surface area contributed by atoms with E-state index in [1.165, 1.54) is 23.5 Å². The van der Waals surface area contributed by atoms with Crippen LogP contribution in [0.5, 0.6) is 0 Å². The standard InChI is InChI=1S/C18H21F2N3O/c1-10-8-18(2,3)14-11(10)6-5-7-13(14)21-17(24)12-9-23(4)22-15(12)16(19)20/h5-7,9-10,16H,8H2,1-4H3,(H,21,24). The van der Waals surface area contributed by atoms with E-state index >= 15 is 0 Å². The molecule has 4 nitrogen and oxygen atoms in total. The van der Waals surface area contributed by atoms with Gasteiger partial charge in [-0.2, -0.15) is 5.10 Å². The number of amides is 1. The summed E-state index contributed by atoms with van der Waals surface area (Å²) in [4.78, 5) is 12.5. The Kier molecular flexibility index (Phi) is 3.94. The zero-order valence-corrected chi connectivity index (χ0v) is 14.2. The number of benzene rings is 1. The van der Waals surface area contributed by atoms with E-state index in [0.717, 1.165) is 12.0 Å². The van der Waals surface area contributed by atoms with Crippen molar-refractivity contribution >= 4 is 11.6 Å². The maximum absolute atomic E-state index is 13.1. The smallest absolute Gasteiger partial charge is 0.282 e. The van der Waals surface area contributed by atoms with E-state index in [1.807, 2.05) is 12.1 Å². The number of hydrogen-bond acceptors (Lipinski definition) is 2. The first-order chi connectivity index (χ1) is 11.2. The van der Waals surface area contributed by atoms with Crippen molar-refractivity contribution in [2.75, 3.05) is 5.32 Å². The lowest BCUT2D eigenvalue weighted by atomic mass is 9.85. The van der Waals surface area contributed by atoms with Crippen molar-refractivity contribution in [3.63, 3.8) is 0 Å². The van der Waals surface area contributed by atoms with Crippen LogP contribution in [-0.4, -0.2) is 15.7 Å². The molecule has 24 heavy (non-hydrogen) atoms. The first kappa shape index (κ1) is 16.6.